The maximum Gasteiger partial charge on any atom is 0.262 e. The Balaban J connectivity index is 2.59. The molecule has 0 aromatic carbocycles. The summed E-state index contributed by atoms with van der Waals surface area (Å²) in [5.41, 5.74) is 0. The molecule has 2 amide bonds. The zero-order chi connectivity index (χ0) is 5.44. The fraction of sp³-hybridized carbons (Fsp3) is 0.333. The largest absolute Gasteiger partial charge is 0.278 e. The molecule has 1 N–H and O–H groups in total. The van der Waals surface area contributed by atoms with Crippen molar-refractivity contribution in [1.82, 2.24) is 5.06 Å². The molecular weight excluding hydrogens is 98.0 g/mol. The Bertz CT molecular complexity index is 116. The predicted octanol–water partition coefficient (Wildman–Crippen LogP) is -0.865. The standard InChI is InChI=1S/C3H3NO3/c5-2-1-3(6)4(2)7/h7H,1H2. The van der Waals surface area contributed by atoms with Gasteiger partial charge in [0.2, 0.25) is 0 Å². The smallest absolute Gasteiger partial charge is 0.262 e. The third-order valence-corrected chi connectivity index (χ3v) is 0.775. The Morgan fingerprint density at radius 1 is 1.43 bits per heavy atom. The molecule has 38 valence electrons. The molecule has 1 saturated heterocycles. The third kappa shape index (κ3) is 0.398. The van der Waals surface area contributed by atoms with Crippen LogP contribution in [0.4, 0.5) is 0 Å². The van der Waals surface area contributed by atoms with Crippen LogP contribution in [0.3, 0.4) is 0 Å². The van der Waals surface area contributed by atoms with Crippen molar-refractivity contribution in [2.75, 3.05) is 0 Å². The SMILES string of the molecule is O=C1CC(=O)N1O. The Morgan fingerprint density at radius 2 is 1.86 bits per heavy atom. The Morgan fingerprint density at radius 3 is 1.86 bits per heavy atom. The average molecular weight is 101 g/mol. The van der Waals surface area contributed by atoms with Gasteiger partial charge in [-0.2, -0.15) is 5.06 Å². The van der Waals surface area contributed by atoms with Crippen molar-refractivity contribution in [2.45, 2.75) is 6.42 Å². The van der Waals surface area contributed by atoms with Gasteiger partial charge in [-0.25, -0.2) is 0 Å². The molecule has 4 nitrogen and oxygen atoms in total. The van der Waals surface area contributed by atoms with E-state index in [1.165, 1.54) is 0 Å². The molecule has 0 atom stereocenters. The summed E-state index contributed by atoms with van der Waals surface area (Å²) in [5.74, 6) is -1.05. The number of amides is 2. The summed E-state index contributed by atoms with van der Waals surface area (Å²) in [4.78, 5) is 19.8. The molecule has 0 aromatic rings. The fourth-order valence-corrected chi connectivity index (χ4v) is 0.327. The molecular formula is C3H3NO3. The van der Waals surface area contributed by atoms with E-state index in [0.29, 0.717) is 0 Å². The van der Waals surface area contributed by atoms with Crippen LogP contribution in [0.5, 0.6) is 0 Å². The van der Waals surface area contributed by atoms with E-state index in [1.807, 2.05) is 0 Å². The van der Waals surface area contributed by atoms with Crippen molar-refractivity contribution in [2.24, 2.45) is 0 Å². The summed E-state index contributed by atoms with van der Waals surface area (Å²) in [5, 5.41) is 8.23. The van der Waals surface area contributed by atoms with E-state index in [1.54, 1.807) is 0 Å². The molecule has 1 aliphatic heterocycles. The zero-order valence-electron chi connectivity index (χ0n) is 3.42. The number of hydroxylamine groups is 2. The minimum atomic E-state index is -0.523. The van der Waals surface area contributed by atoms with Gasteiger partial charge < -0.3 is 0 Å². The van der Waals surface area contributed by atoms with E-state index < -0.39 is 11.8 Å². The molecule has 1 fully saturated rings. The summed E-state index contributed by atoms with van der Waals surface area (Å²) in [6.45, 7) is 0. The van der Waals surface area contributed by atoms with Gasteiger partial charge >= 0.3 is 0 Å². The Hall–Kier alpha value is -0.900. The van der Waals surface area contributed by atoms with Crippen LogP contribution < -0.4 is 0 Å². The maximum atomic E-state index is 9.90. The first kappa shape index (κ1) is 4.26. The van der Waals surface area contributed by atoms with Crippen molar-refractivity contribution in [1.29, 1.82) is 0 Å². The van der Waals surface area contributed by atoms with E-state index in [2.05, 4.69) is 0 Å². The summed E-state index contributed by atoms with van der Waals surface area (Å²) in [6, 6.07) is 0. The number of nitrogens with zero attached hydrogens (tertiary/aromatic N) is 1. The van der Waals surface area contributed by atoms with Gasteiger partial charge in [0.15, 0.2) is 0 Å². The van der Waals surface area contributed by atoms with Gasteiger partial charge in [-0.1, -0.05) is 0 Å². The summed E-state index contributed by atoms with van der Waals surface area (Å²) in [6.07, 6.45) is -0.142. The third-order valence-electron chi connectivity index (χ3n) is 0.775. The first-order chi connectivity index (χ1) is 3.22. The van der Waals surface area contributed by atoms with E-state index in [9.17, 15) is 9.59 Å². The van der Waals surface area contributed by atoms with Crippen molar-refractivity contribution in [3.05, 3.63) is 0 Å². The lowest BCUT2D eigenvalue weighted by Crippen LogP contribution is -2.46. The van der Waals surface area contributed by atoms with Gasteiger partial charge in [-0.3, -0.25) is 14.8 Å². The molecule has 7 heavy (non-hydrogen) atoms. The normalized spacial score (nSPS) is 19.9. The van der Waals surface area contributed by atoms with E-state index >= 15 is 0 Å². The first-order valence-corrected chi connectivity index (χ1v) is 1.76. The molecule has 1 rings (SSSR count). The van der Waals surface area contributed by atoms with Crippen LogP contribution in [-0.4, -0.2) is 22.1 Å². The maximum absolute atomic E-state index is 9.90. The highest BCUT2D eigenvalue weighted by molar-refractivity contribution is 6.13. The molecule has 1 heterocycles. The second kappa shape index (κ2) is 1.04. The van der Waals surface area contributed by atoms with Crippen LogP contribution in [0.1, 0.15) is 6.42 Å². The molecule has 4 heteroatoms. The van der Waals surface area contributed by atoms with E-state index in [0.717, 1.165) is 0 Å². The summed E-state index contributed by atoms with van der Waals surface area (Å²) >= 11 is 0. The Labute approximate surface area is 39.3 Å². The van der Waals surface area contributed by atoms with Gasteiger partial charge in [0.1, 0.15) is 6.42 Å². The summed E-state index contributed by atoms with van der Waals surface area (Å²) < 4.78 is 0. The minimum absolute atomic E-state index is 0.111. The highest BCUT2D eigenvalue weighted by atomic mass is 16.5. The molecule has 0 unspecified atom stereocenters. The number of carbonyl (C=O) groups is 2. The Kier molecular flexibility index (Phi) is 0.631. The number of hydrogen-bond donors (Lipinski definition) is 1. The number of rotatable bonds is 0. The highest BCUT2D eigenvalue weighted by Gasteiger charge is 2.32. The monoisotopic (exact) mass is 101 g/mol. The van der Waals surface area contributed by atoms with Gasteiger partial charge in [-0.05, 0) is 0 Å². The number of hydrogen-bond acceptors (Lipinski definition) is 3. The predicted molar refractivity (Wildman–Crippen MR) is 18.3 cm³/mol. The van der Waals surface area contributed by atoms with Crippen molar-refractivity contribution >= 4 is 11.8 Å². The van der Waals surface area contributed by atoms with Crippen LogP contribution in [0.25, 0.3) is 0 Å². The quantitative estimate of drug-likeness (QED) is 0.245. The van der Waals surface area contributed by atoms with Crippen molar-refractivity contribution in [3.63, 3.8) is 0 Å². The van der Waals surface area contributed by atoms with Crippen LogP contribution in [-0.2, 0) is 9.59 Å². The molecule has 0 spiro atoms. The van der Waals surface area contributed by atoms with Crippen LogP contribution in [0.2, 0.25) is 0 Å². The van der Waals surface area contributed by atoms with Gasteiger partial charge in [0, 0.05) is 0 Å². The number of carbonyl (C=O) groups excluding carboxylic acids is 2. The zero-order valence-corrected chi connectivity index (χ0v) is 3.42. The van der Waals surface area contributed by atoms with Gasteiger partial charge in [0.25, 0.3) is 11.8 Å². The molecule has 0 aliphatic carbocycles. The fourth-order valence-electron chi connectivity index (χ4n) is 0.327. The highest BCUT2D eigenvalue weighted by Crippen LogP contribution is 2.04. The molecule has 1 aliphatic rings. The molecule has 0 radical (unpaired) electrons. The second-order valence-corrected chi connectivity index (χ2v) is 1.28. The minimum Gasteiger partial charge on any atom is -0.278 e. The lowest BCUT2D eigenvalue weighted by molar-refractivity contribution is -0.194. The number of β-lactam (4-membered cyclic amide) rings is 2. The molecule has 0 aromatic heterocycles. The van der Waals surface area contributed by atoms with Crippen LogP contribution in [0.15, 0.2) is 0 Å². The first-order valence-electron chi connectivity index (χ1n) is 1.76. The van der Waals surface area contributed by atoms with Crippen molar-refractivity contribution in [3.8, 4) is 0 Å². The molecule has 0 saturated carbocycles. The topological polar surface area (TPSA) is 57.6 Å². The van der Waals surface area contributed by atoms with Crippen molar-refractivity contribution < 1.29 is 14.8 Å². The lowest BCUT2D eigenvalue weighted by Gasteiger charge is -2.19. The van der Waals surface area contributed by atoms with Crippen LogP contribution in [0, 0.1) is 0 Å². The van der Waals surface area contributed by atoms with Gasteiger partial charge in [-0.15, -0.1) is 0 Å². The van der Waals surface area contributed by atoms with E-state index in [4.69, 9.17) is 5.21 Å². The number of imide groups is 1. The lowest BCUT2D eigenvalue weighted by atomic mass is 10.2. The van der Waals surface area contributed by atoms with Gasteiger partial charge in [0.05, 0.1) is 0 Å². The molecule has 0 bridgehead atoms. The van der Waals surface area contributed by atoms with Crippen LogP contribution >= 0.6 is 0 Å². The van der Waals surface area contributed by atoms with E-state index in [-0.39, 0.29) is 11.5 Å². The average Bonchev–Trinajstić information content (AvgIpc) is 1.68. The second-order valence-electron chi connectivity index (χ2n) is 1.28. The summed E-state index contributed by atoms with van der Waals surface area (Å²) in [7, 11) is 0.